The summed E-state index contributed by atoms with van der Waals surface area (Å²) in [5.74, 6) is -0.550. The minimum Gasteiger partial charge on any atom is -0.343 e. The zero-order valence-electron chi connectivity index (χ0n) is 16.4. The van der Waals surface area contributed by atoms with Gasteiger partial charge in [-0.1, -0.05) is 28.1 Å². The second-order valence-electron chi connectivity index (χ2n) is 6.89. The van der Waals surface area contributed by atoms with E-state index in [-0.39, 0.29) is 18.2 Å². The van der Waals surface area contributed by atoms with Gasteiger partial charge in [-0.25, -0.2) is 8.42 Å². The van der Waals surface area contributed by atoms with Crippen LogP contribution in [0.1, 0.15) is 17.5 Å². The van der Waals surface area contributed by atoms with Crippen molar-refractivity contribution in [1.29, 1.82) is 0 Å². The third-order valence-electron chi connectivity index (χ3n) is 4.59. The van der Waals surface area contributed by atoms with Gasteiger partial charge in [-0.15, -0.1) is 0 Å². The maximum atomic E-state index is 12.0. The molecule has 0 atom stereocenters. The number of halogens is 1. The lowest BCUT2D eigenvalue weighted by molar-refractivity contribution is -0.121. The van der Waals surface area contributed by atoms with Crippen molar-refractivity contribution in [2.24, 2.45) is 0 Å². The largest absolute Gasteiger partial charge is 0.343 e. The number of sulfonamides is 1. The number of nitrogens with zero attached hydrogens (tertiary/aromatic N) is 1. The number of hydrogen-bond acceptors (Lipinski definition) is 4. The molecule has 3 rings (SSSR count). The van der Waals surface area contributed by atoms with Gasteiger partial charge in [-0.3, -0.25) is 13.9 Å². The van der Waals surface area contributed by atoms with E-state index in [1.807, 2.05) is 19.1 Å². The normalized spacial score (nSPS) is 15.3. The minimum absolute atomic E-state index is 0.148. The first-order valence-corrected chi connectivity index (χ1v) is 11.8. The van der Waals surface area contributed by atoms with E-state index in [2.05, 4.69) is 26.6 Å². The third-order valence-corrected chi connectivity index (χ3v) is 6.96. The molecule has 0 radical (unpaired) electrons. The highest BCUT2D eigenvalue weighted by atomic mass is 79.9. The number of anilines is 2. The van der Waals surface area contributed by atoms with Crippen molar-refractivity contribution in [3.8, 4) is 0 Å². The van der Waals surface area contributed by atoms with Crippen molar-refractivity contribution in [2.45, 2.75) is 13.3 Å². The molecule has 9 heteroatoms. The maximum Gasteiger partial charge on any atom is 0.244 e. The molecule has 7 nitrogen and oxygen atoms in total. The van der Waals surface area contributed by atoms with Crippen LogP contribution in [0.5, 0.6) is 0 Å². The lowest BCUT2D eigenvalue weighted by Gasteiger charge is -2.16. The number of carbonyl (C=O) groups excluding carboxylic acids is 2. The van der Waals surface area contributed by atoms with Crippen LogP contribution in [-0.2, 0) is 19.6 Å². The molecule has 1 fully saturated rings. The second-order valence-corrected chi connectivity index (χ2v) is 9.82. The fourth-order valence-corrected chi connectivity index (χ4v) is 5.08. The predicted octanol–water partition coefficient (Wildman–Crippen LogP) is 3.07. The first kappa shape index (κ1) is 22.0. The Kier molecular flexibility index (Phi) is 6.94. The molecule has 2 N–H and O–H groups in total. The summed E-state index contributed by atoms with van der Waals surface area (Å²) in [6.07, 6.45) is 3.56. The van der Waals surface area contributed by atoms with Gasteiger partial charge < -0.3 is 10.6 Å². The minimum atomic E-state index is -3.21. The Morgan fingerprint density at radius 2 is 1.90 bits per heavy atom. The highest BCUT2D eigenvalue weighted by Gasteiger charge is 2.28. The average Bonchev–Trinajstić information content (AvgIpc) is 3.06. The standard InChI is InChI=1S/C21H22BrN3O4S/c1-15-13-17(22)6-9-19(15)24-21(27)14-23-20(26)10-5-16-3-7-18(8-4-16)25-11-2-12-30(25,28)29/h3-10,13H,2,11-12,14H2,1H3,(H,23,26)(H,24,27)/b10-5+. The molecule has 0 aliphatic carbocycles. The van der Waals surface area contributed by atoms with E-state index in [1.54, 1.807) is 36.4 Å². The lowest BCUT2D eigenvalue weighted by Crippen LogP contribution is -2.31. The summed E-state index contributed by atoms with van der Waals surface area (Å²) >= 11 is 3.37. The summed E-state index contributed by atoms with van der Waals surface area (Å²) in [7, 11) is -3.21. The van der Waals surface area contributed by atoms with Gasteiger partial charge >= 0.3 is 0 Å². The topological polar surface area (TPSA) is 95.6 Å². The highest BCUT2D eigenvalue weighted by molar-refractivity contribution is 9.10. The Bertz CT molecular complexity index is 1080. The van der Waals surface area contributed by atoms with Crippen LogP contribution < -0.4 is 14.9 Å². The summed E-state index contributed by atoms with van der Waals surface area (Å²) in [6, 6.07) is 12.4. The molecule has 1 aliphatic heterocycles. The van der Waals surface area contributed by atoms with E-state index in [9.17, 15) is 18.0 Å². The number of amides is 2. The van der Waals surface area contributed by atoms with Crippen LogP contribution in [-0.4, -0.2) is 39.1 Å². The number of nitrogens with one attached hydrogen (secondary N) is 2. The van der Waals surface area contributed by atoms with Crippen LogP contribution in [0.2, 0.25) is 0 Å². The van der Waals surface area contributed by atoms with Gasteiger partial charge in [-0.2, -0.15) is 0 Å². The molecule has 0 bridgehead atoms. The Labute approximate surface area is 184 Å². The lowest BCUT2D eigenvalue weighted by atomic mass is 10.2. The van der Waals surface area contributed by atoms with Gasteiger partial charge in [0.25, 0.3) is 0 Å². The van der Waals surface area contributed by atoms with Gasteiger partial charge in [-0.05, 0) is 60.9 Å². The van der Waals surface area contributed by atoms with Gasteiger partial charge in [0.2, 0.25) is 21.8 Å². The van der Waals surface area contributed by atoms with Gasteiger partial charge in [0.05, 0.1) is 18.0 Å². The molecule has 0 aromatic heterocycles. The van der Waals surface area contributed by atoms with Crippen LogP contribution in [0.25, 0.3) is 6.08 Å². The maximum absolute atomic E-state index is 12.0. The van der Waals surface area contributed by atoms with Crippen molar-refractivity contribution in [2.75, 3.05) is 28.5 Å². The molecule has 1 saturated heterocycles. The molecule has 1 aliphatic rings. The fourth-order valence-electron chi connectivity index (χ4n) is 3.04. The molecule has 0 unspecified atom stereocenters. The Hall–Kier alpha value is -2.65. The van der Waals surface area contributed by atoms with Gasteiger partial charge in [0.15, 0.2) is 0 Å². The Morgan fingerprint density at radius 3 is 2.53 bits per heavy atom. The molecule has 30 heavy (non-hydrogen) atoms. The molecular weight excluding hydrogens is 470 g/mol. The molecule has 0 spiro atoms. The average molecular weight is 492 g/mol. The third kappa shape index (κ3) is 5.70. The van der Waals surface area contributed by atoms with Crippen molar-refractivity contribution >= 4 is 55.2 Å². The monoisotopic (exact) mass is 491 g/mol. The smallest absolute Gasteiger partial charge is 0.244 e. The SMILES string of the molecule is Cc1cc(Br)ccc1NC(=O)CNC(=O)/C=C/c1ccc(N2CCCS2(=O)=O)cc1. The predicted molar refractivity (Wildman–Crippen MR) is 122 cm³/mol. The van der Waals surface area contributed by atoms with Crippen molar-refractivity contribution in [3.63, 3.8) is 0 Å². The van der Waals surface area contributed by atoms with E-state index in [1.165, 1.54) is 10.4 Å². The summed E-state index contributed by atoms with van der Waals surface area (Å²) < 4.78 is 26.2. The Morgan fingerprint density at radius 1 is 1.17 bits per heavy atom. The summed E-state index contributed by atoms with van der Waals surface area (Å²) in [5.41, 5.74) is 2.97. The number of aryl methyl sites for hydroxylation is 1. The van der Waals surface area contributed by atoms with E-state index >= 15 is 0 Å². The molecule has 158 valence electrons. The quantitative estimate of drug-likeness (QED) is 0.606. The number of hydrogen-bond donors (Lipinski definition) is 2. The second kappa shape index (κ2) is 9.44. The van der Waals surface area contributed by atoms with Crippen LogP contribution in [0.3, 0.4) is 0 Å². The van der Waals surface area contributed by atoms with E-state index in [0.29, 0.717) is 24.3 Å². The molecule has 2 aromatic carbocycles. The summed E-state index contributed by atoms with van der Waals surface area (Å²) in [5, 5.41) is 5.29. The van der Waals surface area contributed by atoms with Crippen LogP contribution in [0, 0.1) is 6.92 Å². The molecule has 2 amide bonds. The number of benzene rings is 2. The molecular formula is C21H22BrN3O4S. The van der Waals surface area contributed by atoms with E-state index in [0.717, 1.165) is 15.6 Å². The van der Waals surface area contributed by atoms with E-state index < -0.39 is 15.9 Å². The number of carbonyl (C=O) groups is 2. The fraction of sp³-hybridized carbons (Fsp3) is 0.238. The van der Waals surface area contributed by atoms with Crippen molar-refractivity contribution < 1.29 is 18.0 Å². The zero-order chi connectivity index (χ0) is 21.7. The van der Waals surface area contributed by atoms with E-state index in [4.69, 9.17) is 0 Å². The highest BCUT2D eigenvalue weighted by Crippen LogP contribution is 2.24. The van der Waals surface area contributed by atoms with Crippen molar-refractivity contribution in [1.82, 2.24) is 5.32 Å². The van der Waals surface area contributed by atoms with Crippen LogP contribution >= 0.6 is 15.9 Å². The zero-order valence-corrected chi connectivity index (χ0v) is 18.8. The first-order chi connectivity index (χ1) is 14.2. The molecule has 0 saturated carbocycles. The van der Waals surface area contributed by atoms with Gasteiger partial charge in [0.1, 0.15) is 0 Å². The summed E-state index contributed by atoms with van der Waals surface area (Å²) in [6.45, 7) is 2.22. The first-order valence-electron chi connectivity index (χ1n) is 9.37. The van der Waals surface area contributed by atoms with Crippen molar-refractivity contribution in [3.05, 3.63) is 64.1 Å². The van der Waals surface area contributed by atoms with Crippen LogP contribution in [0.4, 0.5) is 11.4 Å². The van der Waals surface area contributed by atoms with Crippen LogP contribution in [0.15, 0.2) is 53.0 Å². The molecule has 2 aromatic rings. The Balaban J connectivity index is 1.50. The number of rotatable bonds is 6. The van der Waals surface area contributed by atoms with Gasteiger partial charge in [0, 0.05) is 22.8 Å². The molecule has 1 heterocycles. The summed E-state index contributed by atoms with van der Waals surface area (Å²) in [4.78, 5) is 24.0.